The summed E-state index contributed by atoms with van der Waals surface area (Å²) in [6.45, 7) is 0. The molecule has 0 amide bonds. The summed E-state index contributed by atoms with van der Waals surface area (Å²) in [4.78, 5) is 12.6. The zero-order valence-corrected chi connectivity index (χ0v) is 9.80. The summed E-state index contributed by atoms with van der Waals surface area (Å²) in [5, 5.41) is 8.93. The van der Waals surface area contributed by atoms with Gasteiger partial charge in [0, 0.05) is 18.4 Å². The molecule has 0 unspecified atom stereocenters. The van der Waals surface area contributed by atoms with Gasteiger partial charge in [-0.2, -0.15) is 0 Å². The SMILES string of the molecule is CN(c1cccc(F)c1)c1cccc(C(=O)O)c1. The lowest BCUT2D eigenvalue weighted by Crippen LogP contribution is -2.10. The Morgan fingerprint density at radius 2 is 1.72 bits per heavy atom. The first-order valence-electron chi connectivity index (χ1n) is 5.40. The standard InChI is InChI=1S/C14H12FNO2/c1-16(13-7-3-5-11(15)9-13)12-6-2-4-10(8-12)14(17)18/h2-9H,1H3,(H,17,18). The minimum atomic E-state index is -0.982. The number of aromatic carboxylic acids is 1. The van der Waals surface area contributed by atoms with Crippen molar-refractivity contribution in [2.24, 2.45) is 0 Å². The average Bonchev–Trinajstić information content (AvgIpc) is 2.38. The Morgan fingerprint density at radius 1 is 1.11 bits per heavy atom. The quantitative estimate of drug-likeness (QED) is 0.902. The fraction of sp³-hybridized carbons (Fsp3) is 0.0714. The number of hydrogen-bond acceptors (Lipinski definition) is 2. The van der Waals surface area contributed by atoms with Gasteiger partial charge >= 0.3 is 5.97 Å². The maximum Gasteiger partial charge on any atom is 0.335 e. The lowest BCUT2D eigenvalue weighted by molar-refractivity contribution is 0.0697. The van der Waals surface area contributed by atoms with Crippen LogP contribution >= 0.6 is 0 Å². The molecule has 0 aliphatic rings. The number of nitrogens with zero attached hydrogens (tertiary/aromatic N) is 1. The zero-order valence-electron chi connectivity index (χ0n) is 9.80. The van der Waals surface area contributed by atoms with Crippen LogP contribution in [0.5, 0.6) is 0 Å². The number of carboxylic acid groups (broad SMARTS) is 1. The van der Waals surface area contributed by atoms with Crippen LogP contribution in [0.2, 0.25) is 0 Å². The summed E-state index contributed by atoms with van der Waals surface area (Å²) in [6.07, 6.45) is 0. The van der Waals surface area contributed by atoms with E-state index in [1.807, 2.05) is 0 Å². The molecule has 0 bridgehead atoms. The van der Waals surface area contributed by atoms with E-state index >= 15 is 0 Å². The van der Waals surface area contributed by atoms with Crippen molar-refractivity contribution < 1.29 is 14.3 Å². The Bertz CT molecular complexity index is 584. The highest BCUT2D eigenvalue weighted by molar-refractivity contribution is 5.89. The molecular weight excluding hydrogens is 233 g/mol. The second kappa shape index (κ2) is 4.87. The monoisotopic (exact) mass is 245 g/mol. The summed E-state index contributed by atoms with van der Waals surface area (Å²) >= 11 is 0. The van der Waals surface area contributed by atoms with Gasteiger partial charge in [0.15, 0.2) is 0 Å². The maximum absolute atomic E-state index is 13.1. The van der Waals surface area contributed by atoms with Crippen molar-refractivity contribution in [2.75, 3.05) is 11.9 Å². The summed E-state index contributed by atoms with van der Waals surface area (Å²) in [6, 6.07) is 12.6. The van der Waals surface area contributed by atoms with Gasteiger partial charge in [0.25, 0.3) is 0 Å². The van der Waals surface area contributed by atoms with Gasteiger partial charge in [0.1, 0.15) is 5.82 Å². The molecule has 0 heterocycles. The van der Waals surface area contributed by atoms with E-state index < -0.39 is 5.97 Å². The molecule has 3 nitrogen and oxygen atoms in total. The molecule has 92 valence electrons. The van der Waals surface area contributed by atoms with Crippen molar-refractivity contribution in [1.82, 2.24) is 0 Å². The van der Waals surface area contributed by atoms with E-state index in [2.05, 4.69) is 0 Å². The van der Waals surface area contributed by atoms with Gasteiger partial charge in [-0.1, -0.05) is 12.1 Å². The van der Waals surface area contributed by atoms with Gasteiger partial charge in [-0.25, -0.2) is 9.18 Å². The van der Waals surface area contributed by atoms with Crippen LogP contribution in [0.1, 0.15) is 10.4 Å². The third-order valence-corrected chi connectivity index (χ3v) is 2.68. The smallest absolute Gasteiger partial charge is 0.335 e. The topological polar surface area (TPSA) is 40.5 Å². The molecule has 1 N–H and O–H groups in total. The second-order valence-corrected chi connectivity index (χ2v) is 3.89. The number of anilines is 2. The number of benzene rings is 2. The molecule has 4 heteroatoms. The van der Waals surface area contributed by atoms with E-state index in [0.29, 0.717) is 11.4 Å². The van der Waals surface area contributed by atoms with Gasteiger partial charge < -0.3 is 10.0 Å². The Morgan fingerprint density at radius 3 is 2.33 bits per heavy atom. The van der Waals surface area contributed by atoms with Crippen molar-refractivity contribution in [3.8, 4) is 0 Å². The van der Waals surface area contributed by atoms with Gasteiger partial charge in [0.05, 0.1) is 5.56 Å². The molecule has 0 saturated heterocycles. The molecule has 2 aromatic rings. The van der Waals surface area contributed by atoms with Crippen molar-refractivity contribution in [2.45, 2.75) is 0 Å². The van der Waals surface area contributed by atoms with Crippen LogP contribution in [0, 0.1) is 5.82 Å². The van der Waals surface area contributed by atoms with Crippen LogP contribution in [0.15, 0.2) is 48.5 Å². The van der Waals surface area contributed by atoms with E-state index in [9.17, 15) is 9.18 Å². The Kier molecular flexibility index (Phi) is 3.28. The highest BCUT2D eigenvalue weighted by Gasteiger charge is 2.08. The Balaban J connectivity index is 2.36. The molecule has 0 aliphatic heterocycles. The number of carboxylic acids is 1. The van der Waals surface area contributed by atoms with Crippen molar-refractivity contribution in [3.63, 3.8) is 0 Å². The predicted octanol–water partition coefficient (Wildman–Crippen LogP) is 3.29. The molecule has 0 aliphatic carbocycles. The van der Waals surface area contributed by atoms with E-state index in [1.165, 1.54) is 18.2 Å². The fourth-order valence-corrected chi connectivity index (χ4v) is 1.68. The fourth-order valence-electron chi connectivity index (χ4n) is 1.68. The van der Waals surface area contributed by atoms with Crippen LogP contribution in [0.3, 0.4) is 0 Å². The Labute approximate surface area is 104 Å². The van der Waals surface area contributed by atoms with Crippen LogP contribution in [-0.2, 0) is 0 Å². The van der Waals surface area contributed by atoms with E-state index in [4.69, 9.17) is 5.11 Å². The first-order chi connectivity index (χ1) is 8.58. The molecule has 0 aromatic heterocycles. The molecule has 18 heavy (non-hydrogen) atoms. The molecule has 2 aromatic carbocycles. The van der Waals surface area contributed by atoms with Crippen molar-refractivity contribution in [1.29, 1.82) is 0 Å². The van der Waals surface area contributed by atoms with Gasteiger partial charge in [0.2, 0.25) is 0 Å². The van der Waals surface area contributed by atoms with Crippen LogP contribution < -0.4 is 4.90 Å². The minimum Gasteiger partial charge on any atom is -0.478 e. The molecule has 0 spiro atoms. The molecular formula is C14H12FNO2. The minimum absolute atomic E-state index is 0.204. The average molecular weight is 245 g/mol. The Hall–Kier alpha value is -2.36. The molecule has 0 fully saturated rings. The van der Waals surface area contributed by atoms with E-state index in [-0.39, 0.29) is 11.4 Å². The lowest BCUT2D eigenvalue weighted by Gasteiger charge is -2.19. The predicted molar refractivity (Wildman–Crippen MR) is 67.9 cm³/mol. The highest BCUT2D eigenvalue weighted by atomic mass is 19.1. The second-order valence-electron chi connectivity index (χ2n) is 3.89. The summed E-state index contributed by atoms with van der Waals surface area (Å²) in [5.74, 6) is -1.31. The maximum atomic E-state index is 13.1. The largest absolute Gasteiger partial charge is 0.478 e. The van der Waals surface area contributed by atoms with Gasteiger partial charge in [-0.05, 0) is 36.4 Å². The summed E-state index contributed by atoms with van der Waals surface area (Å²) < 4.78 is 13.1. The first-order valence-corrected chi connectivity index (χ1v) is 5.40. The zero-order chi connectivity index (χ0) is 13.1. The lowest BCUT2D eigenvalue weighted by atomic mass is 10.2. The number of rotatable bonds is 3. The number of hydrogen-bond donors (Lipinski definition) is 1. The third kappa shape index (κ3) is 2.48. The number of halogens is 1. The van der Waals surface area contributed by atoms with E-state index in [0.717, 1.165) is 0 Å². The van der Waals surface area contributed by atoms with E-state index in [1.54, 1.807) is 42.3 Å². The normalized spacial score (nSPS) is 10.1. The van der Waals surface area contributed by atoms with Crippen molar-refractivity contribution in [3.05, 3.63) is 59.9 Å². The molecule has 0 radical (unpaired) electrons. The molecule has 0 saturated carbocycles. The third-order valence-electron chi connectivity index (χ3n) is 2.68. The molecule has 2 rings (SSSR count). The summed E-state index contributed by atoms with van der Waals surface area (Å²) in [5.41, 5.74) is 1.56. The van der Waals surface area contributed by atoms with Crippen molar-refractivity contribution >= 4 is 17.3 Å². The van der Waals surface area contributed by atoms with Gasteiger partial charge in [-0.15, -0.1) is 0 Å². The first kappa shape index (κ1) is 12.1. The molecule has 0 atom stereocenters. The highest BCUT2D eigenvalue weighted by Crippen LogP contribution is 2.24. The summed E-state index contributed by atoms with van der Waals surface area (Å²) in [7, 11) is 1.76. The van der Waals surface area contributed by atoms with Gasteiger partial charge in [-0.3, -0.25) is 0 Å². The van der Waals surface area contributed by atoms with Crippen LogP contribution in [0.4, 0.5) is 15.8 Å². The van der Waals surface area contributed by atoms with Crippen LogP contribution in [0.25, 0.3) is 0 Å². The van der Waals surface area contributed by atoms with Crippen LogP contribution in [-0.4, -0.2) is 18.1 Å². The number of carbonyl (C=O) groups is 1.